The number of pyridine rings is 4. The van der Waals surface area contributed by atoms with Crippen LogP contribution in [0.15, 0.2) is 195 Å². The monoisotopic (exact) mass is 1110 g/mol. The second-order valence-corrected chi connectivity index (χ2v) is 22.0. The fourth-order valence-electron chi connectivity index (χ4n) is 13.1. The summed E-state index contributed by atoms with van der Waals surface area (Å²) >= 11 is 0. The van der Waals surface area contributed by atoms with E-state index in [1.165, 1.54) is 99.0 Å². The normalized spacial score (nSPS) is 12.6. The quantitative estimate of drug-likeness (QED) is 0.163. The highest BCUT2D eigenvalue weighted by Gasteiger charge is 2.27. The molecule has 0 N–H and O–H groups in total. The first-order valence-corrected chi connectivity index (χ1v) is 27.6. The zero-order valence-electron chi connectivity index (χ0n) is 53.6. The zero-order valence-corrected chi connectivity index (χ0v) is 47.6. The standard InChI is InChI=1S/C26H25N2.C25H23N2.C23H20N3.3CH4/c1-16-10-12-20(17(2)14-16)25-26-23(18(3)15-27(25)4)22-13-11-19-8-6-7-9-21(19)24(22)28(26)5;1-16-9-11-20-18(15-16)10-12-21-22-13-14-26(3)24(25(22)27(4)23(20)21)19-8-6-5-7-17(19)2;1-15-8-4-6-10-17(15)22-23-19(12-13-25(22)2)20-21(26(23)3)18-11-7-5-9-16(18)14-24-20;;;/h6-15H,1-5H3;5-15H,1-4H3;4-14H,1-3H3;3*1H4/q3*+1;;;/i1D3,3D3;;;;;. The molecule has 0 fully saturated rings. The van der Waals surface area contributed by atoms with Gasteiger partial charge in [0.05, 0.1) is 38.8 Å². The molecule has 8 aromatic carbocycles. The highest BCUT2D eigenvalue weighted by Crippen LogP contribution is 2.41. The Morgan fingerprint density at radius 1 is 0.369 bits per heavy atom. The Balaban J connectivity index is 0.000000148. The molecule has 0 saturated carbocycles. The number of aromatic nitrogens is 7. The molecule has 0 amide bonds. The molecule has 0 aliphatic heterocycles. The SMILES string of the molecule is C.C.C.Cc1ccc2c(ccc3c4cc[n+](C)c(-c5ccccc5C)c4n(C)c23)c1.Cc1ccccc1-c1c2c(cc[n+]1C)c1ncc3ccccc3c1n2C.[2H]C([2H])([2H])c1ccc(-c2c3c(c(C([2H])([2H])[2H])c[n+]2C)c2ccc4ccccc4c2n3C)c(C)c1. The van der Waals surface area contributed by atoms with Crippen molar-refractivity contribution in [2.75, 3.05) is 0 Å². The van der Waals surface area contributed by atoms with E-state index in [0.717, 1.165) is 49.5 Å². The van der Waals surface area contributed by atoms with Crippen LogP contribution in [0.4, 0.5) is 0 Å². The number of hydrogen-bond donors (Lipinski definition) is 0. The largest absolute Gasteiger partial charge is 0.338 e. The van der Waals surface area contributed by atoms with E-state index in [1.54, 1.807) is 18.3 Å². The highest BCUT2D eigenvalue weighted by atomic mass is 15.0. The average Bonchev–Trinajstić information content (AvgIpc) is 1.57. The summed E-state index contributed by atoms with van der Waals surface area (Å²) in [6.45, 7) is 3.92. The van der Waals surface area contributed by atoms with Crippen molar-refractivity contribution in [3.05, 3.63) is 228 Å². The van der Waals surface area contributed by atoms with Crippen LogP contribution >= 0.6 is 0 Å². The Morgan fingerprint density at radius 3 is 1.51 bits per heavy atom. The van der Waals surface area contributed by atoms with E-state index in [4.69, 9.17) is 13.2 Å². The predicted molar refractivity (Wildman–Crippen MR) is 360 cm³/mol. The van der Waals surface area contributed by atoms with E-state index in [2.05, 4.69) is 212 Å². The summed E-state index contributed by atoms with van der Waals surface area (Å²) in [6.07, 6.45) is 8.00. The number of aryl methyl sites for hydroxylation is 12. The van der Waals surface area contributed by atoms with Crippen LogP contribution in [-0.4, -0.2) is 18.7 Å². The maximum atomic E-state index is 8.26. The van der Waals surface area contributed by atoms with Gasteiger partial charge < -0.3 is 13.7 Å². The Hall–Kier alpha value is -9.46. The second kappa shape index (κ2) is 22.4. The van der Waals surface area contributed by atoms with Crippen LogP contribution in [-0.2, 0) is 42.3 Å². The molecule has 7 aromatic heterocycles. The van der Waals surface area contributed by atoms with Gasteiger partial charge in [-0.25, -0.2) is 0 Å². The first kappa shape index (κ1) is 50.3. The topological polar surface area (TPSA) is 39.3 Å². The molecule has 0 unspecified atom stereocenters. The van der Waals surface area contributed by atoms with Gasteiger partial charge in [0.15, 0.2) is 18.6 Å². The lowest BCUT2D eigenvalue weighted by molar-refractivity contribution is -0.659. The van der Waals surface area contributed by atoms with Crippen LogP contribution in [0.5, 0.6) is 0 Å². The van der Waals surface area contributed by atoms with Crippen molar-refractivity contribution in [1.29, 1.82) is 0 Å². The lowest BCUT2D eigenvalue weighted by atomic mass is 9.99. The average molecular weight is 1110 g/mol. The first-order valence-electron chi connectivity index (χ1n) is 30.6. The summed E-state index contributed by atoms with van der Waals surface area (Å²) in [6, 6.07) is 58.7. The third kappa shape index (κ3) is 9.14. The number of benzene rings is 8. The van der Waals surface area contributed by atoms with E-state index in [1.807, 2.05) is 62.1 Å². The van der Waals surface area contributed by atoms with Gasteiger partial charge in [0.25, 0.3) is 0 Å². The molecule has 7 nitrogen and oxygen atoms in total. The smallest absolute Gasteiger partial charge is 0.237 e. The van der Waals surface area contributed by atoms with Gasteiger partial charge in [-0.15, -0.1) is 0 Å². The summed E-state index contributed by atoms with van der Waals surface area (Å²) in [5.41, 5.74) is 19.9. The van der Waals surface area contributed by atoms with E-state index >= 15 is 0 Å². The molecule has 84 heavy (non-hydrogen) atoms. The van der Waals surface area contributed by atoms with Gasteiger partial charge in [0.2, 0.25) is 17.1 Å². The van der Waals surface area contributed by atoms with Crippen LogP contribution in [0.25, 0.3) is 132 Å². The molecular formula is C77H80N7+3. The van der Waals surface area contributed by atoms with Crippen LogP contribution in [0.3, 0.4) is 0 Å². The van der Waals surface area contributed by atoms with Crippen molar-refractivity contribution < 1.29 is 21.9 Å². The molecule has 7 heterocycles. The van der Waals surface area contributed by atoms with Crippen molar-refractivity contribution in [2.45, 2.75) is 63.7 Å². The van der Waals surface area contributed by atoms with Crippen molar-refractivity contribution in [2.24, 2.45) is 42.3 Å². The van der Waals surface area contributed by atoms with E-state index in [0.29, 0.717) is 10.9 Å². The summed E-state index contributed by atoms with van der Waals surface area (Å²) in [7, 11) is 12.4. The van der Waals surface area contributed by atoms with Gasteiger partial charge in [-0.1, -0.05) is 173 Å². The van der Waals surface area contributed by atoms with E-state index < -0.39 is 13.7 Å². The Bertz CT molecular complexity index is 5330. The second-order valence-electron chi connectivity index (χ2n) is 22.0. The van der Waals surface area contributed by atoms with Crippen LogP contribution in [0.2, 0.25) is 0 Å². The minimum atomic E-state index is -2.30. The highest BCUT2D eigenvalue weighted by molar-refractivity contribution is 6.21. The molecule has 0 saturated heterocycles. The van der Waals surface area contributed by atoms with Gasteiger partial charge >= 0.3 is 0 Å². The lowest BCUT2D eigenvalue weighted by Gasteiger charge is -2.10. The van der Waals surface area contributed by atoms with E-state index in [9.17, 15) is 0 Å². The Labute approximate surface area is 504 Å². The minimum absolute atomic E-state index is 0. The molecule has 0 radical (unpaired) electrons. The molecular weight excluding hydrogens is 1020 g/mol. The number of nitrogens with zero attached hydrogens (tertiary/aromatic N) is 7. The van der Waals surface area contributed by atoms with Gasteiger partial charge in [-0.3, -0.25) is 4.98 Å². The summed E-state index contributed by atoms with van der Waals surface area (Å²) < 4.78 is 61.1. The van der Waals surface area contributed by atoms with Crippen molar-refractivity contribution in [3.8, 4) is 33.8 Å². The van der Waals surface area contributed by atoms with Crippen molar-refractivity contribution in [3.63, 3.8) is 0 Å². The maximum absolute atomic E-state index is 8.26. The molecule has 0 bridgehead atoms. The molecule has 15 aromatic rings. The van der Waals surface area contributed by atoms with Gasteiger partial charge in [-0.05, 0) is 87.1 Å². The fraction of sp³-hybridized carbons (Fsp3) is 0.195. The van der Waals surface area contributed by atoms with Crippen LogP contribution in [0.1, 0.15) is 63.9 Å². The first-order chi connectivity index (χ1) is 41.6. The van der Waals surface area contributed by atoms with Gasteiger partial charge in [0, 0.05) is 102 Å². The van der Waals surface area contributed by atoms with Crippen molar-refractivity contribution >= 4 is 97.9 Å². The molecule has 0 aliphatic rings. The molecule has 15 rings (SSSR count). The number of hydrogen-bond acceptors (Lipinski definition) is 1. The summed E-state index contributed by atoms with van der Waals surface area (Å²) in [4.78, 5) is 4.82. The fourth-order valence-corrected chi connectivity index (χ4v) is 13.1. The minimum Gasteiger partial charge on any atom is -0.338 e. The molecule has 7 heteroatoms. The third-order valence-electron chi connectivity index (χ3n) is 16.9. The Kier molecular flexibility index (Phi) is 13.4. The summed E-state index contributed by atoms with van der Waals surface area (Å²) in [5, 5.41) is 12.6. The predicted octanol–water partition coefficient (Wildman–Crippen LogP) is 18.1. The van der Waals surface area contributed by atoms with Crippen molar-refractivity contribution in [1.82, 2.24) is 18.7 Å². The third-order valence-corrected chi connectivity index (χ3v) is 16.9. The molecule has 420 valence electrons. The van der Waals surface area contributed by atoms with Gasteiger partial charge in [0.1, 0.15) is 37.7 Å². The number of fused-ring (bicyclic) bond motifs is 15. The zero-order chi connectivity index (χ0) is 61.1. The van der Waals surface area contributed by atoms with E-state index in [-0.39, 0.29) is 27.8 Å². The maximum Gasteiger partial charge on any atom is 0.237 e. The van der Waals surface area contributed by atoms with Gasteiger partial charge in [-0.2, -0.15) is 13.7 Å². The van der Waals surface area contributed by atoms with Crippen LogP contribution in [0, 0.1) is 41.4 Å². The molecule has 0 spiro atoms. The summed E-state index contributed by atoms with van der Waals surface area (Å²) in [5.74, 6) is 0. The van der Waals surface area contributed by atoms with Crippen LogP contribution < -0.4 is 13.7 Å². The Morgan fingerprint density at radius 2 is 0.857 bits per heavy atom. The molecule has 0 aliphatic carbocycles. The number of rotatable bonds is 3. The lowest BCUT2D eigenvalue weighted by Crippen LogP contribution is -2.32. The molecule has 0 atom stereocenters.